The van der Waals surface area contributed by atoms with Crippen molar-refractivity contribution in [1.82, 2.24) is 10.6 Å². The molecule has 4 aliphatic rings. The molecule has 5 rings (SSSR count). The maximum atomic E-state index is 13.6. The Morgan fingerprint density at radius 2 is 1.51 bits per heavy atom. The van der Waals surface area contributed by atoms with Crippen LogP contribution in [-0.2, 0) is 20.8 Å². The number of hydrogen-bond donors (Lipinski definition) is 5. The van der Waals surface area contributed by atoms with Crippen molar-refractivity contribution in [2.75, 3.05) is 6.54 Å². The topological polar surface area (TPSA) is 166 Å². The van der Waals surface area contributed by atoms with Gasteiger partial charge in [0.2, 0.25) is 17.7 Å². The van der Waals surface area contributed by atoms with E-state index in [4.69, 9.17) is 17.2 Å². The van der Waals surface area contributed by atoms with Crippen molar-refractivity contribution in [2.45, 2.75) is 69.9 Å². The van der Waals surface area contributed by atoms with Gasteiger partial charge in [-0.3, -0.25) is 19.4 Å². The van der Waals surface area contributed by atoms with Crippen LogP contribution in [0.4, 0.5) is 0 Å². The third-order valence-corrected chi connectivity index (χ3v) is 8.03. The molecule has 0 saturated heterocycles. The molecule has 3 amide bonds. The van der Waals surface area contributed by atoms with Crippen LogP contribution >= 0.6 is 0 Å². The van der Waals surface area contributed by atoms with Crippen molar-refractivity contribution >= 4 is 23.7 Å². The molecule has 0 unspecified atom stereocenters. The van der Waals surface area contributed by atoms with Crippen LogP contribution in [-0.4, -0.2) is 42.3 Å². The first kappa shape index (κ1) is 25.0. The largest absolute Gasteiger partial charge is 0.370 e. The van der Waals surface area contributed by atoms with Gasteiger partial charge in [-0.1, -0.05) is 30.3 Å². The van der Waals surface area contributed by atoms with E-state index in [2.05, 4.69) is 15.6 Å². The summed E-state index contributed by atoms with van der Waals surface area (Å²) in [5.41, 5.74) is 17.0. The molecule has 190 valence electrons. The van der Waals surface area contributed by atoms with E-state index >= 15 is 0 Å². The Morgan fingerprint density at radius 1 is 0.914 bits per heavy atom. The quantitative estimate of drug-likeness (QED) is 0.180. The fraction of sp³-hybridized carbons (Fsp3) is 0.615. The number of guanidine groups is 1. The van der Waals surface area contributed by atoms with Crippen molar-refractivity contribution in [1.29, 1.82) is 0 Å². The molecule has 0 spiro atoms. The Morgan fingerprint density at radius 3 is 2.06 bits per heavy atom. The van der Waals surface area contributed by atoms with E-state index in [0.717, 1.165) is 24.8 Å². The smallest absolute Gasteiger partial charge is 0.243 e. The number of nitrogens with zero attached hydrogens (tertiary/aromatic N) is 1. The predicted molar refractivity (Wildman–Crippen MR) is 134 cm³/mol. The molecule has 0 radical (unpaired) electrons. The number of hydrogen-bond acceptors (Lipinski definition) is 4. The molecule has 8 N–H and O–H groups in total. The van der Waals surface area contributed by atoms with Crippen LogP contribution < -0.4 is 27.8 Å². The lowest BCUT2D eigenvalue weighted by molar-refractivity contribution is -0.148. The van der Waals surface area contributed by atoms with Crippen molar-refractivity contribution in [3.8, 4) is 0 Å². The lowest BCUT2D eigenvalue weighted by Gasteiger charge is -2.55. The fourth-order valence-corrected chi connectivity index (χ4v) is 6.82. The van der Waals surface area contributed by atoms with Crippen molar-refractivity contribution < 1.29 is 14.4 Å². The maximum Gasteiger partial charge on any atom is 0.243 e. The lowest BCUT2D eigenvalue weighted by atomic mass is 9.49. The van der Waals surface area contributed by atoms with Gasteiger partial charge in [0.25, 0.3) is 0 Å². The summed E-state index contributed by atoms with van der Waals surface area (Å²) in [6, 6.07) is 7.71. The first-order chi connectivity index (χ1) is 16.7. The van der Waals surface area contributed by atoms with Gasteiger partial charge in [0.1, 0.15) is 12.1 Å². The highest BCUT2D eigenvalue weighted by Crippen LogP contribution is 2.60. The van der Waals surface area contributed by atoms with Gasteiger partial charge in [-0.2, -0.15) is 0 Å². The molecule has 0 aliphatic heterocycles. The van der Waals surface area contributed by atoms with Gasteiger partial charge in [0, 0.05) is 18.4 Å². The van der Waals surface area contributed by atoms with E-state index in [0.29, 0.717) is 37.1 Å². The zero-order valence-electron chi connectivity index (χ0n) is 20.2. The molecule has 35 heavy (non-hydrogen) atoms. The molecule has 4 aliphatic carbocycles. The van der Waals surface area contributed by atoms with Crippen molar-refractivity contribution in [3.05, 3.63) is 35.9 Å². The Bertz CT molecular complexity index is 924. The van der Waals surface area contributed by atoms with Gasteiger partial charge in [0.05, 0.1) is 0 Å². The van der Waals surface area contributed by atoms with Crippen LogP contribution in [0.15, 0.2) is 35.3 Å². The third-order valence-electron chi connectivity index (χ3n) is 8.03. The third kappa shape index (κ3) is 6.13. The number of benzene rings is 1. The standard InChI is InChI=1S/C26H38N6O3/c27-22(33)21(12-16-5-2-1-3-6-16)31-23(34)20(7-4-8-30-25(28)29)32-24(35)26-13-17-9-18(14-26)11-19(10-17)15-26/h1-3,5-6,17-21H,4,7-15H2,(H2,27,33)(H,31,34)(H,32,35)(H4,28,29,30)/t17?,18?,19?,20-,21+,26?/m1/s1. The normalized spacial score (nSPS) is 28.1. The van der Waals surface area contributed by atoms with E-state index in [1.807, 2.05) is 30.3 Å². The monoisotopic (exact) mass is 482 g/mol. The molecule has 0 heterocycles. The Labute approximate surface area is 206 Å². The van der Waals surface area contributed by atoms with Crippen molar-refractivity contribution in [3.63, 3.8) is 0 Å². The summed E-state index contributed by atoms with van der Waals surface area (Å²) in [6.45, 7) is 0.350. The number of nitrogens with one attached hydrogen (secondary N) is 2. The van der Waals surface area contributed by atoms with Crippen LogP contribution in [0.3, 0.4) is 0 Å². The summed E-state index contributed by atoms with van der Waals surface area (Å²) in [5.74, 6) is 0.780. The summed E-state index contributed by atoms with van der Waals surface area (Å²) in [5, 5.41) is 5.84. The molecule has 1 aromatic carbocycles. The lowest BCUT2D eigenvalue weighted by Crippen LogP contribution is -2.58. The van der Waals surface area contributed by atoms with E-state index in [9.17, 15) is 14.4 Å². The molecular formula is C26H38N6O3. The maximum absolute atomic E-state index is 13.6. The number of rotatable bonds is 11. The molecule has 9 heteroatoms. The number of amides is 3. The van der Waals surface area contributed by atoms with Gasteiger partial charge < -0.3 is 27.8 Å². The number of carbonyl (C=O) groups excluding carboxylic acids is 3. The molecule has 2 atom stereocenters. The summed E-state index contributed by atoms with van der Waals surface area (Å²) in [7, 11) is 0. The summed E-state index contributed by atoms with van der Waals surface area (Å²) < 4.78 is 0. The molecule has 1 aromatic rings. The Hall–Kier alpha value is -3.10. The van der Waals surface area contributed by atoms with Gasteiger partial charge >= 0.3 is 0 Å². The first-order valence-corrected chi connectivity index (χ1v) is 12.7. The number of carbonyl (C=O) groups is 3. The molecular weight excluding hydrogens is 444 g/mol. The van der Waals surface area contributed by atoms with Gasteiger partial charge in [-0.25, -0.2) is 0 Å². The Balaban J connectivity index is 1.45. The van der Waals surface area contributed by atoms with Crippen molar-refractivity contribution in [2.24, 2.45) is 45.4 Å². The minimum absolute atomic E-state index is 0.0137. The highest BCUT2D eigenvalue weighted by Gasteiger charge is 2.55. The SMILES string of the molecule is NC(=O)[C@H](Cc1ccccc1)NC(=O)[C@@H](CCCN=C(N)N)NC(=O)C12CC3CC(CC(C3)C1)C2. The van der Waals surface area contributed by atoms with E-state index in [1.54, 1.807) is 0 Å². The Kier molecular flexibility index (Phi) is 7.62. The minimum Gasteiger partial charge on any atom is -0.370 e. The summed E-state index contributed by atoms with van der Waals surface area (Å²) in [6.07, 6.45) is 7.57. The second-order valence-corrected chi connectivity index (χ2v) is 10.8. The second-order valence-electron chi connectivity index (χ2n) is 10.8. The fourth-order valence-electron chi connectivity index (χ4n) is 6.82. The average Bonchev–Trinajstić information content (AvgIpc) is 2.80. The number of primary amides is 1. The van der Waals surface area contributed by atoms with Crippen LogP contribution in [0.2, 0.25) is 0 Å². The highest BCUT2D eigenvalue weighted by molar-refractivity contribution is 5.93. The zero-order chi connectivity index (χ0) is 25.0. The molecule has 0 aromatic heterocycles. The number of nitrogens with two attached hydrogens (primary N) is 3. The van der Waals surface area contributed by atoms with Crippen LogP contribution in [0.5, 0.6) is 0 Å². The second kappa shape index (κ2) is 10.7. The van der Waals surface area contributed by atoms with Gasteiger partial charge in [0.15, 0.2) is 5.96 Å². The minimum atomic E-state index is -0.874. The van der Waals surface area contributed by atoms with E-state index in [-0.39, 0.29) is 23.7 Å². The van der Waals surface area contributed by atoms with E-state index < -0.39 is 23.9 Å². The molecule has 4 bridgehead atoms. The zero-order valence-corrected chi connectivity index (χ0v) is 20.2. The van der Waals surface area contributed by atoms with Crippen LogP contribution in [0.25, 0.3) is 0 Å². The highest BCUT2D eigenvalue weighted by atomic mass is 16.2. The van der Waals surface area contributed by atoms with Gasteiger partial charge in [-0.05, 0) is 74.7 Å². The molecule has 4 fully saturated rings. The average molecular weight is 483 g/mol. The first-order valence-electron chi connectivity index (χ1n) is 12.7. The van der Waals surface area contributed by atoms with E-state index in [1.165, 1.54) is 19.3 Å². The summed E-state index contributed by atoms with van der Waals surface area (Å²) >= 11 is 0. The number of aliphatic imine (C=N–C) groups is 1. The molecule has 4 saturated carbocycles. The van der Waals surface area contributed by atoms with Crippen LogP contribution in [0.1, 0.15) is 56.9 Å². The molecule has 9 nitrogen and oxygen atoms in total. The predicted octanol–water partition coefficient (Wildman–Crippen LogP) is 0.954. The van der Waals surface area contributed by atoms with Gasteiger partial charge in [-0.15, -0.1) is 0 Å². The summed E-state index contributed by atoms with van der Waals surface area (Å²) in [4.78, 5) is 43.0. The van der Waals surface area contributed by atoms with Crippen LogP contribution in [0, 0.1) is 23.2 Å².